The van der Waals surface area contributed by atoms with Crippen LogP contribution in [0.25, 0.3) is 0 Å². The number of nitrogens with two attached hydrogens (primary N) is 1. The van der Waals surface area contributed by atoms with Gasteiger partial charge in [-0.05, 0) is 31.0 Å². The summed E-state index contributed by atoms with van der Waals surface area (Å²) in [6, 6.07) is 3.61. The highest BCUT2D eigenvalue weighted by Gasteiger charge is 2.12. The molecule has 1 heterocycles. The molecule has 0 unspecified atom stereocenters. The lowest BCUT2D eigenvalue weighted by Crippen LogP contribution is -2.14. The van der Waals surface area contributed by atoms with Crippen molar-refractivity contribution in [1.29, 1.82) is 0 Å². The molecule has 0 atom stereocenters. The van der Waals surface area contributed by atoms with Crippen molar-refractivity contribution in [1.82, 2.24) is 4.98 Å². The Morgan fingerprint density at radius 2 is 2.12 bits per heavy atom. The molecule has 0 aliphatic heterocycles. The fraction of sp³-hybridized carbons (Fsp3) is 0.167. The number of rotatable bonds is 2. The number of carbonyl (C=O) groups excluding carboxylic acids is 1. The average Bonchev–Trinajstić information content (AvgIpc) is 2.76. The first-order valence-corrected chi connectivity index (χ1v) is 6.03. The molecule has 0 radical (unpaired) electrons. The first-order valence-electron chi connectivity index (χ1n) is 5.15. The van der Waals surface area contributed by atoms with E-state index < -0.39 is 0 Å². The van der Waals surface area contributed by atoms with Gasteiger partial charge in [0.25, 0.3) is 5.91 Å². The summed E-state index contributed by atoms with van der Waals surface area (Å²) >= 11 is 1.38. The van der Waals surface area contributed by atoms with Crippen molar-refractivity contribution in [3.05, 3.63) is 40.4 Å². The van der Waals surface area contributed by atoms with E-state index >= 15 is 0 Å². The minimum atomic E-state index is -0.177. The lowest BCUT2D eigenvalue weighted by Gasteiger charge is -2.08. The van der Waals surface area contributed by atoms with E-state index in [1.807, 2.05) is 25.3 Å². The number of benzene rings is 1. The normalized spacial score (nSPS) is 10.2. The Labute approximate surface area is 103 Å². The molecule has 0 bridgehead atoms. The third-order valence-electron chi connectivity index (χ3n) is 2.51. The molecule has 0 spiro atoms. The fourth-order valence-electron chi connectivity index (χ4n) is 1.56. The zero-order valence-electron chi connectivity index (χ0n) is 9.65. The van der Waals surface area contributed by atoms with E-state index in [1.165, 1.54) is 11.3 Å². The summed E-state index contributed by atoms with van der Waals surface area (Å²) in [4.78, 5) is 16.0. The number of nitrogens with zero attached hydrogens (tertiary/aromatic N) is 1. The lowest BCUT2D eigenvalue weighted by atomic mass is 10.0. The predicted octanol–water partition coefficient (Wildman–Crippen LogP) is 2.59. The second-order valence-electron chi connectivity index (χ2n) is 3.82. The van der Waals surface area contributed by atoms with Gasteiger partial charge in [0, 0.05) is 22.8 Å². The van der Waals surface area contributed by atoms with Crippen molar-refractivity contribution in [2.24, 2.45) is 0 Å². The van der Waals surface area contributed by atoms with Crippen LogP contribution in [0.1, 0.15) is 21.5 Å². The number of thiazole rings is 1. The van der Waals surface area contributed by atoms with Crippen molar-refractivity contribution in [2.75, 3.05) is 11.1 Å². The number of nitrogen functional groups attached to an aromatic ring is 1. The molecule has 0 fully saturated rings. The molecule has 1 amide bonds. The SMILES string of the molecule is Cc1cc(C)c(C(=O)Nc2nccs2)cc1N. The zero-order valence-corrected chi connectivity index (χ0v) is 10.5. The van der Waals surface area contributed by atoms with Crippen molar-refractivity contribution < 1.29 is 4.79 Å². The number of carbonyl (C=O) groups is 1. The summed E-state index contributed by atoms with van der Waals surface area (Å²) in [7, 11) is 0. The van der Waals surface area contributed by atoms with Gasteiger partial charge >= 0.3 is 0 Å². The van der Waals surface area contributed by atoms with E-state index in [4.69, 9.17) is 5.73 Å². The topological polar surface area (TPSA) is 68.0 Å². The number of hydrogen-bond acceptors (Lipinski definition) is 4. The van der Waals surface area contributed by atoms with Crippen molar-refractivity contribution >= 4 is 28.1 Å². The Hall–Kier alpha value is -1.88. The summed E-state index contributed by atoms with van der Waals surface area (Å²) in [6.07, 6.45) is 1.65. The van der Waals surface area contributed by atoms with Gasteiger partial charge < -0.3 is 5.73 Å². The summed E-state index contributed by atoms with van der Waals surface area (Å²) < 4.78 is 0. The van der Waals surface area contributed by atoms with Crippen LogP contribution in [0.15, 0.2) is 23.7 Å². The minimum Gasteiger partial charge on any atom is -0.398 e. The van der Waals surface area contributed by atoms with Gasteiger partial charge in [-0.2, -0.15) is 0 Å². The van der Waals surface area contributed by atoms with Gasteiger partial charge in [0.15, 0.2) is 5.13 Å². The standard InChI is InChI=1S/C12H13N3OS/c1-7-5-8(2)10(13)6-9(7)11(16)15-12-14-3-4-17-12/h3-6H,13H2,1-2H3,(H,14,15,16). The largest absolute Gasteiger partial charge is 0.398 e. The highest BCUT2D eigenvalue weighted by Crippen LogP contribution is 2.19. The van der Waals surface area contributed by atoms with Crippen LogP contribution in [0.3, 0.4) is 0 Å². The molecule has 17 heavy (non-hydrogen) atoms. The highest BCUT2D eigenvalue weighted by molar-refractivity contribution is 7.13. The van der Waals surface area contributed by atoms with Crippen LogP contribution in [0.4, 0.5) is 10.8 Å². The molecule has 2 rings (SSSR count). The van der Waals surface area contributed by atoms with Crippen LogP contribution in [0, 0.1) is 13.8 Å². The number of nitrogens with one attached hydrogen (secondary N) is 1. The van der Waals surface area contributed by atoms with Crippen molar-refractivity contribution in [2.45, 2.75) is 13.8 Å². The Kier molecular flexibility index (Phi) is 3.10. The van der Waals surface area contributed by atoms with Crippen molar-refractivity contribution in [3.8, 4) is 0 Å². The molecule has 2 aromatic rings. The maximum absolute atomic E-state index is 12.0. The van der Waals surface area contributed by atoms with Gasteiger partial charge in [-0.1, -0.05) is 6.07 Å². The van der Waals surface area contributed by atoms with E-state index in [0.717, 1.165) is 11.1 Å². The molecule has 1 aromatic carbocycles. The van der Waals surface area contributed by atoms with E-state index in [-0.39, 0.29) is 5.91 Å². The van der Waals surface area contributed by atoms with E-state index in [2.05, 4.69) is 10.3 Å². The third-order valence-corrected chi connectivity index (χ3v) is 3.20. The Morgan fingerprint density at radius 3 is 2.76 bits per heavy atom. The maximum atomic E-state index is 12.0. The second kappa shape index (κ2) is 4.55. The first-order chi connectivity index (χ1) is 8.08. The lowest BCUT2D eigenvalue weighted by molar-refractivity contribution is 0.102. The van der Waals surface area contributed by atoms with Gasteiger partial charge in [0.05, 0.1) is 0 Å². The zero-order chi connectivity index (χ0) is 12.4. The monoisotopic (exact) mass is 247 g/mol. The molecule has 88 valence electrons. The molecule has 4 nitrogen and oxygen atoms in total. The van der Waals surface area contributed by atoms with E-state index in [0.29, 0.717) is 16.4 Å². The number of amides is 1. The first kappa shape index (κ1) is 11.6. The molecular weight excluding hydrogens is 234 g/mol. The summed E-state index contributed by atoms with van der Waals surface area (Å²) in [5.41, 5.74) is 8.91. The molecule has 1 aromatic heterocycles. The van der Waals surface area contributed by atoms with Crippen LogP contribution in [-0.4, -0.2) is 10.9 Å². The van der Waals surface area contributed by atoms with Crippen LogP contribution in [-0.2, 0) is 0 Å². The molecule has 0 saturated heterocycles. The van der Waals surface area contributed by atoms with Crippen LogP contribution >= 0.6 is 11.3 Å². The van der Waals surface area contributed by atoms with Crippen LogP contribution < -0.4 is 11.1 Å². The Bertz CT molecular complexity index is 549. The molecular formula is C12H13N3OS. The summed E-state index contributed by atoms with van der Waals surface area (Å²) in [5.74, 6) is -0.177. The quantitative estimate of drug-likeness (QED) is 0.801. The number of aryl methyl sites for hydroxylation is 2. The Balaban J connectivity index is 2.28. The number of anilines is 2. The van der Waals surface area contributed by atoms with Gasteiger partial charge in [-0.15, -0.1) is 11.3 Å². The van der Waals surface area contributed by atoms with Gasteiger partial charge in [-0.25, -0.2) is 4.98 Å². The smallest absolute Gasteiger partial charge is 0.257 e. The van der Waals surface area contributed by atoms with Crippen LogP contribution in [0.2, 0.25) is 0 Å². The molecule has 0 aliphatic carbocycles. The molecule has 0 saturated carbocycles. The van der Waals surface area contributed by atoms with Crippen molar-refractivity contribution in [3.63, 3.8) is 0 Å². The summed E-state index contributed by atoms with van der Waals surface area (Å²) in [6.45, 7) is 3.81. The van der Waals surface area contributed by atoms with Gasteiger partial charge in [0.2, 0.25) is 0 Å². The predicted molar refractivity (Wildman–Crippen MR) is 70.4 cm³/mol. The fourth-order valence-corrected chi connectivity index (χ4v) is 2.09. The Morgan fingerprint density at radius 1 is 1.35 bits per heavy atom. The van der Waals surface area contributed by atoms with Gasteiger partial charge in [0.1, 0.15) is 0 Å². The van der Waals surface area contributed by atoms with E-state index in [1.54, 1.807) is 12.3 Å². The van der Waals surface area contributed by atoms with Gasteiger partial charge in [-0.3, -0.25) is 10.1 Å². The molecule has 3 N–H and O–H groups in total. The third kappa shape index (κ3) is 2.45. The highest BCUT2D eigenvalue weighted by atomic mass is 32.1. The minimum absolute atomic E-state index is 0.177. The number of aromatic nitrogens is 1. The summed E-state index contributed by atoms with van der Waals surface area (Å²) in [5, 5.41) is 5.14. The molecule has 5 heteroatoms. The van der Waals surface area contributed by atoms with Crippen LogP contribution in [0.5, 0.6) is 0 Å². The van der Waals surface area contributed by atoms with E-state index in [9.17, 15) is 4.79 Å². The average molecular weight is 247 g/mol. The second-order valence-corrected chi connectivity index (χ2v) is 4.71. The molecule has 0 aliphatic rings. The maximum Gasteiger partial charge on any atom is 0.257 e. The number of hydrogen-bond donors (Lipinski definition) is 2.